The van der Waals surface area contributed by atoms with Gasteiger partial charge in [-0.2, -0.15) is 0 Å². The number of aromatic nitrogens is 1. The minimum absolute atomic E-state index is 0.167. The summed E-state index contributed by atoms with van der Waals surface area (Å²) in [5, 5.41) is 0. The molecule has 0 saturated carbocycles. The lowest BCUT2D eigenvalue weighted by Crippen LogP contribution is -2.30. The molecular formula is C14H17N3O2S. The lowest BCUT2D eigenvalue weighted by molar-refractivity contribution is 0.591. The van der Waals surface area contributed by atoms with Gasteiger partial charge in [-0.15, -0.1) is 0 Å². The van der Waals surface area contributed by atoms with Gasteiger partial charge in [-0.3, -0.25) is 9.29 Å². The van der Waals surface area contributed by atoms with E-state index in [1.54, 1.807) is 25.1 Å². The summed E-state index contributed by atoms with van der Waals surface area (Å²) in [4.78, 5) is 4.21. The van der Waals surface area contributed by atoms with Gasteiger partial charge in [-0.25, -0.2) is 8.42 Å². The van der Waals surface area contributed by atoms with Crippen LogP contribution in [0.4, 0.5) is 5.69 Å². The number of rotatable bonds is 5. The first kappa shape index (κ1) is 14.5. The van der Waals surface area contributed by atoms with Crippen LogP contribution in [0, 0.1) is 0 Å². The number of anilines is 1. The van der Waals surface area contributed by atoms with Crippen molar-refractivity contribution in [2.75, 3.05) is 10.8 Å². The molecule has 0 aliphatic carbocycles. The highest BCUT2D eigenvalue weighted by Gasteiger charge is 2.23. The van der Waals surface area contributed by atoms with Crippen molar-refractivity contribution in [2.24, 2.45) is 5.73 Å². The first-order valence-electron chi connectivity index (χ1n) is 6.32. The van der Waals surface area contributed by atoms with Gasteiger partial charge in [0, 0.05) is 19.3 Å². The van der Waals surface area contributed by atoms with Gasteiger partial charge in [0.1, 0.15) is 4.90 Å². The molecule has 0 aliphatic heterocycles. The average Bonchev–Trinajstić information content (AvgIpc) is 2.49. The SMILES string of the molecule is CCN(c1ccccc1)S(=O)(=O)c1ccc(CN)nc1. The summed E-state index contributed by atoms with van der Waals surface area (Å²) < 4.78 is 26.6. The molecule has 20 heavy (non-hydrogen) atoms. The lowest BCUT2D eigenvalue weighted by Gasteiger charge is -2.22. The van der Waals surface area contributed by atoms with Crippen LogP contribution in [0.3, 0.4) is 0 Å². The summed E-state index contributed by atoms with van der Waals surface area (Å²) >= 11 is 0. The zero-order chi connectivity index (χ0) is 14.6. The van der Waals surface area contributed by atoms with Crippen LogP contribution in [0.2, 0.25) is 0 Å². The number of para-hydroxylation sites is 1. The molecule has 0 aliphatic rings. The van der Waals surface area contributed by atoms with Crippen LogP contribution in [-0.2, 0) is 16.6 Å². The summed E-state index contributed by atoms with van der Waals surface area (Å²) in [7, 11) is -3.60. The number of pyridine rings is 1. The average molecular weight is 291 g/mol. The smallest absolute Gasteiger partial charge is 0.265 e. The van der Waals surface area contributed by atoms with Gasteiger partial charge in [0.15, 0.2) is 0 Å². The van der Waals surface area contributed by atoms with E-state index in [0.717, 1.165) is 0 Å². The molecule has 106 valence electrons. The van der Waals surface area contributed by atoms with E-state index in [2.05, 4.69) is 4.98 Å². The highest BCUT2D eigenvalue weighted by molar-refractivity contribution is 7.92. The van der Waals surface area contributed by atoms with Crippen molar-refractivity contribution in [2.45, 2.75) is 18.4 Å². The van der Waals surface area contributed by atoms with Crippen LogP contribution in [0.1, 0.15) is 12.6 Å². The Morgan fingerprint density at radius 1 is 1.15 bits per heavy atom. The number of hydrogen-bond acceptors (Lipinski definition) is 4. The van der Waals surface area contributed by atoms with Crippen LogP contribution in [0.5, 0.6) is 0 Å². The van der Waals surface area contributed by atoms with Gasteiger partial charge >= 0.3 is 0 Å². The quantitative estimate of drug-likeness (QED) is 0.910. The van der Waals surface area contributed by atoms with Crippen LogP contribution in [0.15, 0.2) is 53.6 Å². The van der Waals surface area contributed by atoms with E-state index >= 15 is 0 Å². The van der Waals surface area contributed by atoms with E-state index in [1.807, 2.05) is 18.2 Å². The van der Waals surface area contributed by atoms with Gasteiger partial charge in [-0.05, 0) is 31.2 Å². The Labute approximate surface area is 119 Å². The van der Waals surface area contributed by atoms with E-state index in [9.17, 15) is 8.42 Å². The largest absolute Gasteiger partial charge is 0.325 e. The lowest BCUT2D eigenvalue weighted by atomic mass is 10.3. The van der Waals surface area contributed by atoms with Gasteiger partial charge in [0.2, 0.25) is 0 Å². The molecule has 2 aromatic rings. The summed E-state index contributed by atoms with van der Waals surface area (Å²) in [6.07, 6.45) is 1.35. The fourth-order valence-corrected chi connectivity index (χ4v) is 3.32. The molecule has 0 amide bonds. The molecule has 2 rings (SSSR count). The highest BCUT2D eigenvalue weighted by Crippen LogP contribution is 2.22. The molecular weight excluding hydrogens is 274 g/mol. The molecule has 1 aromatic heterocycles. The first-order chi connectivity index (χ1) is 9.59. The van der Waals surface area contributed by atoms with Crippen molar-refractivity contribution in [1.82, 2.24) is 4.98 Å². The van der Waals surface area contributed by atoms with Gasteiger partial charge in [0.25, 0.3) is 10.0 Å². The van der Waals surface area contributed by atoms with Gasteiger partial charge in [-0.1, -0.05) is 18.2 Å². The monoisotopic (exact) mass is 291 g/mol. The van der Waals surface area contributed by atoms with Crippen LogP contribution < -0.4 is 10.0 Å². The van der Waals surface area contributed by atoms with Crippen molar-refractivity contribution in [3.8, 4) is 0 Å². The molecule has 2 N–H and O–H groups in total. The normalized spacial score (nSPS) is 11.3. The summed E-state index contributed by atoms with van der Waals surface area (Å²) in [6.45, 7) is 2.44. The Morgan fingerprint density at radius 3 is 2.35 bits per heavy atom. The Kier molecular flexibility index (Phi) is 4.36. The summed E-state index contributed by atoms with van der Waals surface area (Å²) in [6, 6.07) is 12.2. The van der Waals surface area contributed by atoms with E-state index in [0.29, 0.717) is 17.9 Å². The molecule has 0 atom stereocenters. The number of benzene rings is 1. The summed E-state index contributed by atoms with van der Waals surface area (Å²) in [5.74, 6) is 0. The topological polar surface area (TPSA) is 76.3 Å². The van der Waals surface area contributed by atoms with E-state index < -0.39 is 10.0 Å². The van der Waals surface area contributed by atoms with Crippen LogP contribution >= 0.6 is 0 Å². The van der Waals surface area contributed by atoms with E-state index in [4.69, 9.17) is 5.73 Å². The minimum atomic E-state index is -3.60. The predicted octanol–water partition coefficient (Wildman–Crippen LogP) is 1.76. The second-order valence-electron chi connectivity index (χ2n) is 4.19. The maximum atomic E-state index is 12.6. The van der Waals surface area contributed by atoms with Crippen molar-refractivity contribution in [3.63, 3.8) is 0 Å². The zero-order valence-corrected chi connectivity index (χ0v) is 12.0. The molecule has 1 aromatic carbocycles. The molecule has 0 spiro atoms. The second kappa shape index (κ2) is 6.02. The minimum Gasteiger partial charge on any atom is -0.325 e. The van der Waals surface area contributed by atoms with E-state index in [1.165, 1.54) is 16.6 Å². The maximum Gasteiger partial charge on any atom is 0.265 e. The third-order valence-electron chi connectivity index (χ3n) is 2.93. The van der Waals surface area contributed by atoms with Crippen LogP contribution in [-0.4, -0.2) is 19.9 Å². The second-order valence-corrected chi connectivity index (χ2v) is 6.06. The van der Waals surface area contributed by atoms with Gasteiger partial charge < -0.3 is 5.73 Å². The fourth-order valence-electron chi connectivity index (χ4n) is 1.90. The number of nitrogens with two attached hydrogens (primary N) is 1. The number of sulfonamides is 1. The molecule has 5 nitrogen and oxygen atoms in total. The molecule has 0 radical (unpaired) electrons. The molecule has 6 heteroatoms. The Hall–Kier alpha value is -1.92. The summed E-state index contributed by atoms with van der Waals surface area (Å²) in [5.41, 5.74) is 6.76. The van der Waals surface area contributed by atoms with Crippen LogP contribution in [0.25, 0.3) is 0 Å². The standard InChI is InChI=1S/C14H17N3O2S/c1-2-17(13-6-4-3-5-7-13)20(18,19)14-9-8-12(10-15)16-11-14/h3-9,11H,2,10,15H2,1H3. The van der Waals surface area contributed by atoms with Crippen molar-refractivity contribution in [1.29, 1.82) is 0 Å². The maximum absolute atomic E-state index is 12.6. The van der Waals surface area contributed by atoms with Crippen molar-refractivity contribution in [3.05, 3.63) is 54.4 Å². The van der Waals surface area contributed by atoms with Crippen molar-refractivity contribution >= 4 is 15.7 Å². The third kappa shape index (κ3) is 2.81. The molecule has 0 bridgehead atoms. The Balaban J connectivity index is 2.41. The van der Waals surface area contributed by atoms with Crippen molar-refractivity contribution < 1.29 is 8.42 Å². The molecule has 0 unspecified atom stereocenters. The Bertz CT molecular complexity index is 655. The first-order valence-corrected chi connectivity index (χ1v) is 7.76. The molecule has 0 fully saturated rings. The Morgan fingerprint density at radius 2 is 1.85 bits per heavy atom. The van der Waals surface area contributed by atoms with E-state index in [-0.39, 0.29) is 11.4 Å². The fraction of sp³-hybridized carbons (Fsp3) is 0.214. The third-order valence-corrected chi connectivity index (χ3v) is 4.81. The number of nitrogens with zero attached hydrogens (tertiary/aromatic N) is 2. The highest BCUT2D eigenvalue weighted by atomic mass is 32.2. The number of hydrogen-bond donors (Lipinski definition) is 1. The molecule has 1 heterocycles. The predicted molar refractivity (Wildman–Crippen MR) is 78.8 cm³/mol. The molecule has 0 saturated heterocycles. The van der Waals surface area contributed by atoms with Gasteiger partial charge in [0.05, 0.1) is 11.4 Å². The zero-order valence-electron chi connectivity index (χ0n) is 11.2.